The maximum absolute atomic E-state index is 6.80. The Morgan fingerprint density at radius 2 is 1.00 bits per heavy atom. The summed E-state index contributed by atoms with van der Waals surface area (Å²) in [5.74, 6) is 0. The molecule has 0 radical (unpaired) electrons. The Bertz CT molecular complexity index is 3700. The largest absolute Gasteiger partial charge is 0.455 e. The Balaban J connectivity index is 1.09. The van der Waals surface area contributed by atoms with Gasteiger partial charge >= 0.3 is 0 Å². The quantitative estimate of drug-likeness (QED) is 0.169. The minimum absolute atomic E-state index is 0.199. The van der Waals surface area contributed by atoms with Gasteiger partial charge in [-0.15, -0.1) is 0 Å². The minimum atomic E-state index is -0.199. The van der Waals surface area contributed by atoms with Gasteiger partial charge in [-0.1, -0.05) is 129 Å². The summed E-state index contributed by atoms with van der Waals surface area (Å²) in [7, 11) is 0. The lowest BCUT2D eigenvalue weighted by Gasteiger charge is -2.23. The summed E-state index contributed by atoms with van der Waals surface area (Å²) in [5.41, 5.74) is 15.8. The topological polar surface area (TPSA) is 52.1 Å². The molecule has 4 aromatic heterocycles. The van der Waals surface area contributed by atoms with Crippen LogP contribution in [0.15, 0.2) is 179 Å². The minimum Gasteiger partial charge on any atom is -0.455 e. The van der Waals surface area contributed by atoms with E-state index in [2.05, 4.69) is 152 Å². The van der Waals surface area contributed by atoms with Gasteiger partial charge in [0, 0.05) is 44.9 Å². The maximum Gasteiger partial charge on any atom is 0.161 e. The first-order chi connectivity index (χ1) is 29.0. The molecule has 0 bridgehead atoms. The molecule has 59 heavy (non-hydrogen) atoms. The lowest BCUT2D eigenvalue weighted by Crippen LogP contribution is -2.15. The van der Waals surface area contributed by atoms with Crippen molar-refractivity contribution in [2.75, 3.05) is 0 Å². The molecular formula is C55H34N2O2. The summed E-state index contributed by atoms with van der Waals surface area (Å²) >= 11 is 0. The molecule has 13 rings (SSSR count). The van der Waals surface area contributed by atoms with Crippen molar-refractivity contribution in [1.29, 1.82) is 0 Å². The molecule has 0 amide bonds. The van der Waals surface area contributed by atoms with Crippen LogP contribution in [0.5, 0.6) is 0 Å². The van der Waals surface area contributed by atoms with Gasteiger partial charge in [-0.25, -0.2) is 4.98 Å². The van der Waals surface area contributed by atoms with E-state index in [0.717, 1.165) is 82.4 Å². The van der Waals surface area contributed by atoms with Crippen LogP contribution in [-0.4, -0.2) is 9.97 Å². The number of aromatic nitrogens is 2. The van der Waals surface area contributed by atoms with Crippen molar-refractivity contribution in [3.05, 3.63) is 181 Å². The van der Waals surface area contributed by atoms with Crippen LogP contribution in [0.4, 0.5) is 0 Å². The van der Waals surface area contributed by atoms with Gasteiger partial charge in [0.1, 0.15) is 22.3 Å². The van der Waals surface area contributed by atoms with Gasteiger partial charge in [0.05, 0.1) is 11.1 Å². The predicted molar refractivity (Wildman–Crippen MR) is 243 cm³/mol. The first kappa shape index (κ1) is 32.5. The highest BCUT2D eigenvalue weighted by atomic mass is 16.3. The highest BCUT2D eigenvalue weighted by molar-refractivity contribution is 6.29. The third kappa shape index (κ3) is 4.43. The van der Waals surface area contributed by atoms with Crippen LogP contribution in [-0.2, 0) is 5.41 Å². The van der Waals surface area contributed by atoms with Crippen LogP contribution in [0.2, 0.25) is 0 Å². The first-order valence-corrected chi connectivity index (χ1v) is 20.2. The van der Waals surface area contributed by atoms with Crippen molar-refractivity contribution in [3.8, 4) is 44.6 Å². The van der Waals surface area contributed by atoms with E-state index in [9.17, 15) is 0 Å². The number of furan rings is 2. The fourth-order valence-electron chi connectivity index (χ4n) is 10.2. The fraction of sp³-hybridized carbons (Fsp3) is 0.0545. The van der Waals surface area contributed by atoms with E-state index in [4.69, 9.17) is 13.8 Å². The predicted octanol–water partition coefficient (Wildman–Crippen LogP) is 15.0. The Hall–Kier alpha value is -7.56. The number of benzene rings is 8. The number of fused-ring (bicyclic) bond motifs is 14. The van der Waals surface area contributed by atoms with Crippen molar-refractivity contribution in [2.45, 2.75) is 19.3 Å². The van der Waals surface area contributed by atoms with Crippen LogP contribution in [0.3, 0.4) is 0 Å². The summed E-state index contributed by atoms with van der Waals surface area (Å²) in [6.45, 7) is 4.72. The van der Waals surface area contributed by atoms with Crippen LogP contribution in [0.1, 0.15) is 25.0 Å². The first-order valence-electron chi connectivity index (χ1n) is 20.2. The Kier molecular flexibility index (Phi) is 6.48. The second-order valence-corrected chi connectivity index (χ2v) is 16.4. The van der Waals surface area contributed by atoms with Gasteiger partial charge in [0.2, 0.25) is 0 Å². The monoisotopic (exact) mass is 754 g/mol. The number of hydrogen-bond acceptors (Lipinski definition) is 4. The van der Waals surface area contributed by atoms with Gasteiger partial charge in [-0.3, -0.25) is 4.98 Å². The molecule has 0 fully saturated rings. The zero-order valence-corrected chi connectivity index (χ0v) is 32.4. The van der Waals surface area contributed by atoms with E-state index in [-0.39, 0.29) is 5.41 Å². The van der Waals surface area contributed by atoms with Crippen molar-refractivity contribution in [2.24, 2.45) is 0 Å². The van der Waals surface area contributed by atoms with Gasteiger partial charge < -0.3 is 8.83 Å². The van der Waals surface area contributed by atoms with Crippen LogP contribution in [0, 0.1) is 0 Å². The Labute approximate surface area is 339 Å². The summed E-state index contributed by atoms with van der Waals surface area (Å²) < 4.78 is 13.4. The van der Waals surface area contributed by atoms with E-state index in [0.29, 0.717) is 0 Å². The normalized spacial score (nSPS) is 13.4. The fourth-order valence-corrected chi connectivity index (χ4v) is 10.2. The van der Waals surface area contributed by atoms with Gasteiger partial charge in [0.25, 0.3) is 0 Å². The molecule has 276 valence electrons. The average Bonchev–Trinajstić information content (AvgIpc) is 3.94. The Morgan fingerprint density at radius 3 is 1.68 bits per heavy atom. The molecule has 1 aliphatic carbocycles. The number of nitrogens with zero attached hydrogens (tertiary/aromatic N) is 2. The standard InChI is InChI=1S/C55H34N2O2/c1-55(2)44-28-31(33-12-11-27-56-30-33)21-23-34(44)35-24-22-32(29-45(35)55)48-37-14-3-5-16-39(37)49(40-17-6-4-15-38(40)48)52-50-42-18-8-10-20-47(42)58-53(50)43-26-25-41-36-13-7-9-19-46(36)59-54(41)51(43)57-52/h3-30H,1-2H3. The zero-order valence-electron chi connectivity index (χ0n) is 32.4. The Morgan fingerprint density at radius 1 is 0.441 bits per heavy atom. The number of para-hydroxylation sites is 2. The highest BCUT2D eigenvalue weighted by Crippen LogP contribution is 2.53. The van der Waals surface area contributed by atoms with E-state index < -0.39 is 0 Å². The molecule has 0 N–H and O–H groups in total. The summed E-state index contributed by atoms with van der Waals surface area (Å²) in [6.07, 6.45) is 3.78. The van der Waals surface area contributed by atoms with Gasteiger partial charge in [-0.2, -0.15) is 0 Å². The van der Waals surface area contributed by atoms with Crippen LogP contribution < -0.4 is 0 Å². The highest BCUT2D eigenvalue weighted by Gasteiger charge is 2.36. The smallest absolute Gasteiger partial charge is 0.161 e. The number of rotatable bonds is 3. The lowest BCUT2D eigenvalue weighted by atomic mass is 9.80. The molecule has 12 aromatic rings. The third-order valence-corrected chi connectivity index (χ3v) is 12.9. The molecule has 4 heterocycles. The molecule has 1 aliphatic rings. The SMILES string of the molecule is CC1(C)c2cc(-c3cccnc3)ccc2-c2ccc(-c3c4ccccc4c(-c4nc5c(ccc6c7ccccc7oc65)c5oc6ccccc6c45)c4ccccc34)cc21. The molecule has 0 atom stereocenters. The van der Waals surface area contributed by atoms with Crippen LogP contribution in [0.25, 0.3) is 121 Å². The third-order valence-electron chi connectivity index (χ3n) is 12.9. The second kappa shape index (κ2) is 11.7. The number of pyridine rings is 2. The maximum atomic E-state index is 6.80. The van der Waals surface area contributed by atoms with Crippen molar-refractivity contribution >= 4 is 76.3 Å². The molecular weight excluding hydrogens is 721 g/mol. The van der Waals surface area contributed by atoms with Crippen molar-refractivity contribution in [3.63, 3.8) is 0 Å². The average molecular weight is 755 g/mol. The molecule has 8 aromatic carbocycles. The van der Waals surface area contributed by atoms with Gasteiger partial charge in [-0.05, 0) is 109 Å². The lowest BCUT2D eigenvalue weighted by molar-refractivity contribution is 0.661. The summed E-state index contributed by atoms with van der Waals surface area (Å²) in [4.78, 5) is 10.1. The van der Waals surface area contributed by atoms with Crippen molar-refractivity contribution in [1.82, 2.24) is 9.97 Å². The second-order valence-electron chi connectivity index (χ2n) is 16.4. The van der Waals surface area contributed by atoms with Crippen LogP contribution >= 0.6 is 0 Å². The van der Waals surface area contributed by atoms with E-state index in [1.54, 1.807) is 0 Å². The molecule has 0 saturated carbocycles. The zero-order chi connectivity index (χ0) is 39.0. The molecule has 0 saturated heterocycles. The summed E-state index contributed by atoms with van der Waals surface area (Å²) in [6, 6.07) is 56.6. The molecule has 4 nitrogen and oxygen atoms in total. The molecule has 0 aliphatic heterocycles. The van der Waals surface area contributed by atoms with Crippen molar-refractivity contribution < 1.29 is 8.83 Å². The molecule has 0 spiro atoms. The van der Waals surface area contributed by atoms with E-state index in [1.165, 1.54) is 49.7 Å². The summed E-state index contributed by atoms with van der Waals surface area (Å²) in [5, 5.41) is 9.74. The number of hydrogen-bond donors (Lipinski definition) is 0. The van der Waals surface area contributed by atoms with E-state index in [1.807, 2.05) is 36.7 Å². The van der Waals surface area contributed by atoms with E-state index >= 15 is 0 Å². The molecule has 4 heteroatoms. The molecule has 0 unspecified atom stereocenters. The van der Waals surface area contributed by atoms with Gasteiger partial charge in [0.15, 0.2) is 5.58 Å².